The van der Waals surface area contributed by atoms with Crippen molar-refractivity contribution >= 4 is 11.9 Å². The first-order valence-electron chi connectivity index (χ1n) is 7.39. The maximum atomic E-state index is 5.89. The van der Waals surface area contributed by atoms with Crippen LogP contribution < -0.4 is 15.0 Å². The smallest absolute Gasteiger partial charge is 0.323 e. The van der Waals surface area contributed by atoms with Crippen LogP contribution in [0.1, 0.15) is 48.0 Å². The summed E-state index contributed by atoms with van der Waals surface area (Å²) in [4.78, 5) is 15.3. The third-order valence-corrected chi connectivity index (χ3v) is 3.20. The fourth-order valence-corrected chi connectivity index (χ4v) is 1.60. The van der Waals surface area contributed by atoms with E-state index in [1.165, 1.54) is 0 Å². The Kier molecular flexibility index (Phi) is 5.98. The van der Waals surface area contributed by atoms with E-state index in [4.69, 9.17) is 4.74 Å². The highest BCUT2D eigenvalue weighted by Crippen LogP contribution is 2.20. The minimum Gasteiger partial charge on any atom is -0.457 e. The first-order valence-corrected chi connectivity index (χ1v) is 7.39. The van der Waals surface area contributed by atoms with Crippen molar-refractivity contribution in [2.45, 2.75) is 53.6 Å². The molecule has 0 spiro atoms. The van der Waals surface area contributed by atoms with E-state index in [1.54, 1.807) is 0 Å². The van der Waals surface area contributed by atoms with Gasteiger partial charge in [-0.3, -0.25) is 0 Å². The number of nitrogens with one attached hydrogen (secondary N) is 1. The summed E-state index contributed by atoms with van der Waals surface area (Å²) in [5.74, 6) is 1.22. The number of nitrogens with zero attached hydrogens (tertiary/aromatic N) is 4. The molecule has 1 rings (SSSR count). The van der Waals surface area contributed by atoms with Crippen LogP contribution in [0.2, 0.25) is 0 Å². The molecule has 114 valence electrons. The Morgan fingerprint density at radius 1 is 1.05 bits per heavy atom. The van der Waals surface area contributed by atoms with Gasteiger partial charge in [0.05, 0.1) is 0 Å². The Morgan fingerprint density at radius 3 is 2.20 bits per heavy atom. The zero-order valence-corrected chi connectivity index (χ0v) is 13.5. The van der Waals surface area contributed by atoms with Crippen molar-refractivity contribution < 1.29 is 4.74 Å². The van der Waals surface area contributed by atoms with Gasteiger partial charge in [0.25, 0.3) is 0 Å². The summed E-state index contributed by atoms with van der Waals surface area (Å²) in [6.07, 6.45) is 0.885. The Balaban J connectivity index is 3.10. The summed E-state index contributed by atoms with van der Waals surface area (Å²) in [5.41, 5.74) is -0.286. The fraction of sp³-hybridized carbons (Fsp3) is 0.786. The van der Waals surface area contributed by atoms with Crippen molar-refractivity contribution in [3.8, 4) is 6.01 Å². The summed E-state index contributed by atoms with van der Waals surface area (Å²) in [6.45, 7) is 14.8. The van der Waals surface area contributed by atoms with Gasteiger partial charge in [-0.25, -0.2) is 0 Å². The molecule has 1 N–H and O–H groups in total. The second-order valence-corrected chi connectivity index (χ2v) is 5.16. The molecule has 6 nitrogen and oxygen atoms in total. The van der Waals surface area contributed by atoms with E-state index in [9.17, 15) is 0 Å². The number of ether oxygens (including phenoxy) is 1. The lowest BCUT2D eigenvalue weighted by Gasteiger charge is -2.25. The maximum absolute atomic E-state index is 5.89. The van der Waals surface area contributed by atoms with Crippen LogP contribution in [-0.4, -0.2) is 40.2 Å². The predicted molar refractivity (Wildman–Crippen MR) is 82.5 cm³/mol. The average molecular weight is 281 g/mol. The SMILES string of the molecule is CCNc1nc(OC(C)(C)CC)nc(N(CC)CC)n1. The van der Waals surface area contributed by atoms with E-state index in [0.29, 0.717) is 17.9 Å². The van der Waals surface area contributed by atoms with Gasteiger partial charge in [-0.05, 0) is 41.0 Å². The Hall–Kier alpha value is -1.59. The van der Waals surface area contributed by atoms with Crippen LogP contribution in [-0.2, 0) is 0 Å². The first kappa shape index (κ1) is 16.5. The molecule has 1 aromatic heterocycles. The number of hydrogen-bond donors (Lipinski definition) is 1. The van der Waals surface area contributed by atoms with Gasteiger partial charge in [0.1, 0.15) is 5.60 Å². The van der Waals surface area contributed by atoms with Crippen LogP contribution in [0.15, 0.2) is 0 Å². The molecule has 20 heavy (non-hydrogen) atoms. The number of hydrogen-bond acceptors (Lipinski definition) is 6. The zero-order chi connectivity index (χ0) is 15.2. The van der Waals surface area contributed by atoms with E-state index < -0.39 is 0 Å². The summed E-state index contributed by atoms with van der Waals surface area (Å²) in [6, 6.07) is 0.379. The van der Waals surface area contributed by atoms with Gasteiger partial charge in [-0.2, -0.15) is 15.0 Å². The van der Waals surface area contributed by atoms with E-state index in [1.807, 2.05) is 20.8 Å². The van der Waals surface area contributed by atoms with Crippen molar-refractivity contribution in [3.63, 3.8) is 0 Å². The van der Waals surface area contributed by atoms with Gasteiger partial charge in [0.2, 0.25) is 11.9 Å². The monoisotopic (exact) mass is 281 g/mol. The third-order valence-electron chi connectivity index (χ3n) is 3.20. The van der Waals surface area contributed by atoms with Gasteiger partial charge < -0.3 is 15.0 Å². The van der Waals surface area contributed by atoms with Crippen LogP contribution in [0.5, 0.6) is 6.01 Å². The molecule has 0 aliphatic heterocycles. The molecule has 0 unspecified atom stereocenters. The van der Waals surface area contributed by atoms with Crippen molar-refractivity contribution in [1.82, 2.24) is 15.0 Å². The molecule has 0 saturated carbocycles. The maximum Gasteiger partial charge on any atom is 0.323 e. The van der Waals surface area contributed by atoms with Crippen LogP contribution >= 0.6 is 0 Å². The molecule has 1 heterocycles. The topological polar surface area (TPSA) is 63.2 Å². The van der Waals surface area contributed by atoms with Crippen molar-refractivity contribution in [2.75, 3.05) is 29.9 Å². The van der Waals surface area contributed by atoms with Gasteiger partial charge in [-0.15, -0.1) is 0 Å². The summed E-state index contributed by atoms with van der Waals surface area (Å²) >= 11 is 0. The number of rotatable bonds is 8. The molecule has 0 aliphatic rings. The predicted octanol–water partition coefficient (Wildman–Crippen LogP) is 2.72. The largest absolute Gasteiger partial charge is 0.457 e. The Bertz CT molecular complexity index is 418. The van der Waals surface area contributed by atoms with Gasteiger partial charge >= 0.3 is 6.01 Å². The van der Waals surface area contributed by atoms with Gasteiger partial charge in [0.15, 0.2) is 0 Å². The molecule has 0 bridgehead atoms. The van der Waals surface area contributed by atoms with E-state index in [0.717, 1.165) is 26.1 Å². The lowest BCUT2D eigenvalue weighted by Crippen LogP contribution is -2.29. The molecule has 0 atom stereocenters. The third kappa shape index (κ3) is 4.51. The highest BCUT2D eigenvalue weighted by atomic mass is 16.5. The number of aromatic nitrogens is 3. The second-order valence-electron chi connectivity index (χ2n) is 5.16. The Morgan fingerprint density at radius 2 is 1.70 bits per heavy atom. The number of anilines is 2. The molecule has 0 fully saturated rings. The summed E-state index contributed by atoms with van der Waals surface area (Å²) in [7, 11) is 0. The van der Waals surface area contributed by atoms with Crippen molar-refractivity contribution in [2.24, 2.45) is 0 Å². The Labute approximate surface area is 122 Å². The van der Waals surface area contributed by atoms with E-state index in [2.05, 4.69) is 45.9 Å². The highest BCUT2D eigenvalue weighted by Gasteiger charge is 2.20. The molecular weight excluding hydrogens is 254 g/mol. The van der Waals surface area contributed by atoms with Crippen LogP contribution in [0.4, 0.5) is 11.9 Å². The zero-order valence-electron chi connectivity index (χ0n) is 13.5. The second kappa shape index (κ2) is 7.26. The molecule has 0 radical (unpaired) electrons. The molecule has 0 aromatic carbocycles. The highest BCUT2D eigenvalue weighted by molar-refractivity contribution is 5.38. The van der Waals surface area contributed by atoms with E-state index >= 15 is 0 Å². The lowest BCUT2D eigenvalue weighted by atomic mass is 10.1. The first-order chi connectivity index (χ1) is 9.45. The summed E-state index contributed by atoms with van der Waals surface area (Å²) in [5, 5.41) is 3.13. The van der Waals surface area contributed by atoms with Crippen molar-refractivity contribution in [1.29, 1.82) is 0 Å². The van der Waals surface area contributed by atoms with Gasteiger partial charge in [0, 0.05) is 19.6 Å². The van der Waals surface area contributed by atoms with Crippen LogP contribution in [0, 0.1) is 0 Å². The minimum atomic E-state index is -0.286. The van der Waals surface area contributed by atoms with E-state index in [-0.39, 0.29) is 5.60 Å². The van der Waals surface area contributed by atoms with Crippen LogP contribution in [0.25, 0.3) is 0 Å². The van der Waals surface area contributed by atoms with Gasteiger partial charge in [-0.1, -0.05) is 6.92 Å². The summed E-state index contributed by atoms with van der Waals surface area (Å²) < 4.78 is 5.89. The van der Waals surface area contributed by atoms with Crippen molar-refractivity contribution in [3.05, 3.63) is 0 Å². The molecule has 6 heteroatoms. The fourth-order valence-electron chi connectivity index (χ4n) is 1.60. The van der Waals surface area contributed by atoms with Crippen LogP contribution in [0.3, 0.4) is 0 Å². The molecule has 0 aliphatic carbocycles. The standard InChI is InChI=1S/C14H27N5O/c1-7-14(5,6)20-13-17-11(15-8-2)16-12(18-13)19(9-3)10-4/h7-10H2,1-6H3,(H,15,16,17,18). The quantitative estimate of drug-likeness (QED) is 0.790. The molecule has 0 amide bonds. The normalized spacial score (nSPS) is 11.3. The average Bonchev–Trinajstić information content (AvgIpc) is 2.40. The molecule has 0 saturated heterocycles. The molecular formula is C14H27N5O. The lowest BCUT2D eigenvalue weighted by molar-refractivity contribution is 0.0925. The minimum absolute atomic E-state index is 0.286. The molecule has 1 aromatic rings.